The number of methoxy groups -OCH3 is 1. The summed E-state index contributed by atoms with van der Waals surface area (Å²) < 4.78 is 9.60. The van der Waals surface area contributed by atoms with E-state index in [9.17, 15) is 0 Å². The molecule has 1 heterocycles. The zero-order valence-electron chi connectivity index (χ0n) is 6.00. The molecule has 10 heavy (non-hydrogen) atoms. The van der Waals surface area contributed by atoms with Crippen LogP contribution >= 0.6 is 0 Å². The first-order chi connectivity index (χ1) is 4.74. The van der Waals surface area contributed by atoms with Gasteiger partial charge in [0.25, 0.3) is 5.88 Å². The monoisotopic (exact) mass is 142 g/mol. The average molecular weight is 142 g/mol. The molecular formula is C6H10N2O2. The van der Waals surface area contributed by atoms with Crippen molar-refractivity contribution in [1.82, 2.24) is 5.16 Å². The molecule has 0 saturated carbocycles. The van der Waals surface area contributed by atoms with E-state index < -0.39 is 0 Å². The summed E-state index contributed by atoms with van der Waals surface area (Å²) in [5, 5.41) is 3.58. The molecule has 0 unspecified atom stereocenters. The Morgan fingerprint density at radius 3 is 2.80 bits per heavy atom. The van der Waals surface area contributed by atoms with Gasteiger partial charge in [0.1, 0.15) is 0 Å². The number of ether oxygens (including phenoxy) is 1. The minimum atomic E-state index is -0.128. The zero-order chi connectivity index (χ0) is 7.56. The Hall–Kier alpha value is -1.03. The number of hydrogen-bond donors (Lipinski definition) is 1. The third-order valence-electron chi connectivity index (χ3n) is 1.16. The van der Waals surface area contributed by atoms with Crippen LogP contribution in [0.3, 0.4) is 0 Å². The molecule has 0 bridgehead atoms. The van der Waals surface area contributed by atoms with E-state index in [1.54, 1.807) is 6.07 Å². The van der Waals surface area contributed by atoms with E-state index >= 15 is 0 Å². The van der Waals surface area contributed by atoms with Crippen LogP contribution in [0, 0.1) is 0 Å². The summed E-state index contributed by atoms with van der Waals surface area (Å²) in [6.45, 7) is 1.82. The molecule has 0 fully saturated rings. The number of rotatable bonds is 2. The van der Waals surface area contributed by atoms with Crippen LogP contribution in [0.1, 0.15) is 18.7 Å². The average Bonchev–Trinajstić information content (AvgIpc) is 2.34. The molecule has 0 aliphatic rings. The normalized spacial score (nSPS) is 13.1. The van der Waals surface area contributed by atoms with Crippen molar-refractivity contribution in [3.63, 3.8) is 0 Å². The summed E-state index contributed by atoms with van der Waals surface area (Å²) in [6.07, 6.45) is 0. The van der Waals surface area contributed by atoms with Crippen molar-refractivity contribution in [2.45, 2.75) is 13.0 Å². The van der Waals surface area contributed by atoms with Gasteiger partial charge in [-0.1, -0.05) is 0 Å². The Kier molecular flexibility index (Phi) is 1.91. The van der Waals surface area contributed by atoms with Crippen molar-refractivity contribution in [3.05, 3.63) is 11.8 Å². The van der Waals surface area contributed by atoms with Gasteiger partial charge in [-0.15, -0.1) is 0 Å². The molecule has 56 valence electrons. The molecule has 1 aromatic rings. The van der Waals surface area contributed by atoms with Crippen LogP contribution in [0.4, 0.5) is 0 Å². The lowest BCUT2D eigenvalue weighted by molar-refractivity contribution is 0.320. The largest absolute Gasteiger partial charge is 0.479 e. The van der Waals surface area contributed by atoms with Crippen LogP contribution < -0.4 is 10.5 Å². The van der Waals surface area contributed by atoms with Gasteiger partial charge in [-0.3, -0.25) is 0 Å². The van der Waals surface area contributed by atoms with Gasteiger partial charge >= 0.3 is 0 Å². The Labute approximate surface area is 58.9 Å². The van der Waals surface area contributed by atoms with Crippen LogP contribution in [-0.2, 0) is 0 Å². The maximum Gasteiger partial charge on any atom is 0.254 e. The van der Waals surface area contributed by atoms with Crippen LogP contribution in [0.5, 0.6) is 5.88 Å². The molecule has 0 spiro atoms. The predicted molar refractivity (Wildman–Crippen MR) is 35.7 cm³/mol. The Morgan fingerprint density at radius 1 is 1.80 bits per heavy atom. The highest BCUT2D eigenvalue weighted by Crippen LogP contribution is 2.15. The first kappa shape index (κ1) is 7.08. The maximum absolute atomic E-state index is 5.49. The van der Waals surface area contributed by atoms with E-state index in [1.807, 2.05) is 6.92 Å². The molecule has 0 aliphatic heterocycles. The van der Waals surface area contributed by atoms with Crippen molar-refractivity contribution >= 4 is 0 Å². The molecule has 0 aliphatic carbocycles. The van der Waals surface area contributed by atoms with Crippen molar-refractivity contribution in [3.8, 4) is 5.88 Å². The quantitative estimate of drug-likeness (QED) is 0.660. The molecule has 1 aromatic heterocycles. The van der Waals surface area contributed by atoms with Crippen molar-refractivity contribution in [2.24, 2.45) is 5.73 Å². The topological polar surface area (TPSA) is 61.3 Å². The predicted octanol–water partition coefficient (Wildman–Crippen LogP) is 0.703. The minimum absolute atomic E-state index is 0.128. The van der Waals surface area contributed by atoms with Gasteiger partial charge in [0.05, 0.1) is 13.2 Å². The van der Waals surface area contributed by atoms with Crippen molar-refractivity contribution < 1.29 is 9.26 Å². The molecular weight excluding hydrogens is 132 g/mol. The Balaban J connectivity index is 2.78. The highest BCUT2D eigenvalue weighted by molar-refractivity contribution is 5.12. The van der Waals surface area contributed by atoms with E-state index in [4.69, 9.17) is 15.0 Å². The number of aromatic nitrogens is 1. The minimum Gasteiger partial charge on any atom is -0.479 e. The second-order valence-electron chi connectivity index (χ2n) is 2.06. The summed E-state index contributed by atoms with van der Waals surface area (Å²) >= 11 is 0. The summed E-state index contributed by atoms with van der Waals surface area (Å²) in [5.74, 6) is 1.10. The van der Waals surface area contributed by atoms with Gasteiger partial charge in [0, 0.05) is 6.07 Å². The molecule has 1 rings (SSSR count). The molecule has 0 amide bonds. The Morgan fingerprint density at radius 2 is 2.50 bits per heavy atom. The summed E-state index contributed by atoms with van der Waals surface area (Å²) in [6, 6.07) is 1.54. The number of nitrogens with two attached hydrogens (primary N) is 1. The standard InChI is InChI=1S/C6H10N2O2/c1-4(7)5-3-6(9-2)8-10-5/h3-4H,7H2,1-2H3/t4-/m0/s1. The van der Waals surface area contributed by atoms with E-state index in [-0.39, 0.29) is 6.04 Å². The van der Waals surface area contributed by atoms with Gasteiger partial charge in [0.15, 0.2) is 5.76 Å². The van der Waals surface area contributed by atoms with Crippen LogP contribution in [0.15, 0.2) is 10.6 Å². The lowest BCUT2D eigenvalue weighted by Crippen LogP contribution is -2.02. The molecule has 0 aromatic carbocycles. The lowest BCUT2D eigenvalue weighted by atomic mass is 10.3. The molecule has 0 radical (unpaired) electrons. The van der Waals surface area contributed by atoms with E-state index in [0.717, 1.165) is 0 Å². The molecule has 4 nitrogen and oxygen atoms in total. The van der Waals surface area contributed by atoms with Crippen molar-refractivity contribution in [1.29, 1.82) is 0 Å². The summed E-state index contributed by atoms with van der Waals surface area (Å²) in [7, 11) is 1.53. The van der Waals surface area contributed by atoms with E-state index in [1.165, 1.54) is 7.11 Å². The molecule has 0 saturated heterocycles. The molecule has 4 heteroatoms. The van der Waals surface area contributed by atoms with Crippen LogP contribution in [-0.4, -0.2) is 12.3 Å². The van der Waals surface area contributed by atoms with E-state index in [0.29, 0.717) is 11.6 Å². The molecule has 1 atom stereocenters. The highest BCUT2D eigenvalue weighted by Gasteiger charge is 2.06. The van der Waals surface area contributed by atoms with Gasteiger partial charge in [-0.25, -0.2) is 0 Å². The smallest absolute Gasteiger partial charge is 0.254 e. The van der Waals surface area contributed by atoms with Crippen LogP contribution in [0.25, 0.3) is 0 Å². The second kappa shape index (κ2) is 2.70. The fourth-order valence-corrected chi connectivity index (χ4v) is 0.583. The fraction of sp³-hybridized carbons (Fsp3) is 0.500. The van der Waals surface area contributed by atoms with Gasteiger partial charge in [-0.05, 0) is 12.1 Å². The zero-order valence-corrected chi connectivity index (χ0v) is 6.00. The maximum atomic E-state index is 5.49. The number of nitrogens with zero attached hydrogens (tertiary/aromatic N) is 1. The Bertz CT molecular complexity index is 207. The third-order valence-corrected chi connectivity index (χ3v) is 1.16. The van der Waals surface area contributed by atoms with Gasteiger partial charge in [-0.2, -0.15) is 0 Å². The second-order valence-corrected chi connectivity index (χ2v) is 2.06. The molecule has 2 N–H and O–H groups in total. The van der Waals surface area contributed by atoms with Gasteiger partial charge < -0.3 is 15.0 Å². The summed E-state index contributed by atoms with van der Waals surface area (Å²) in [5.41, 5.74) is 5.49. The van der Waals surface area contributed by atoms with E-state index in [2.05, 4.69) is 5.16 Å². The highest BCUT2D eigenvalue weighted by atomic mass is 16.5. The first-order valence-corrected chi connectivity index (χ1v) is 3.00. The number of hydrogen-bond acceptors (Lipinski definition) is 4. The lowest BCUT2D eigenvalue weighted by Gasteiger charge is -1.93. The van der Waals surface area contributed by atoms with Gasteiger partial charge in [0.2, 0.25) is 0 Å². The SMILES string of the molecule is COc1cc([C@H](C)N)on1. The third kappa shape index (κ3) is 1.27. The van der Waals surface area contributed by atoms with Crippen molar-refractivity contribution in [2.75, 3.05) is 7.11 Å². The fourth-order valence-electron chi connectivity index (χ4n) is 0.583. The van der Waals surface area contributed by atoms with Crippen LogP contribution in [0.2, 0.25) is 0 Å². The summed E-state index contributed by atoms with van der Waals surface area (Å²) in [4.78, 5) is 0. The first-order valence-electron chi connectivity index (χ1n) is 3.00.